The van der Waals surface area contributed by atoms with Gasteiger partial charge in [0, 0.05) is 33.1 Å². The first kappa shape index (κ1) is 16.0. The first-order chi connectivity index (χ1) is 12.1. The van der Waals surface area contributed by atoms with Crippen LogP contribution in [0, 0.1) is 6.92 Å². The summed E-state index contributed by atoms with van der Waals surface area (Å²) in [5, 5.41) is 6.09. The zero-order chi connectivity index (χ0) is 17.4. The molecule has 25 heavy (non-hydrogen) atoms. The molecule has 0 radical (unpaired) electrons. The molecule has 0 bridgehead atoms. The summed E-state index contributed by atoms with van der Waals surface area (Å²) in [5.74, 6) is 0. The lowest BCUT2D eigenvalue weighted by molar-refractivity contribution is 0.645. The number of hydrogen-bond acceptors (Lipinski definition) is 4. The van der Waals surface area contributed by atoms with Crippen LogP contribution in [0.1, 0.15) is 10.4 Å². The number of nitrogens with zero attached hydrogens (tertiary/aromatic N) is 3. The molecule has 124 valence electrons. The van der Waals surface area contributed by atoms with Crippen LogP contribution in [0.3, 0.4) is 0 Å². The van der Waals surface area contributed by atoms with Crippen LogP contribution < -0.4 is 5.56 Å². The summed E-state index contributed by atoms with van der Waals surface area (Å²) in [5.41, 5.74) is 2.21. The number of aromatic nitrogens is 3. The lowest BCUT2D eigenvalue weighted by atomic mass is 10.1. The fourth-order valence-corrected chi connectivity index (χ4v) is 3.79. The highest BCUT2D eigenvalue weighted by atomic mass is 35.5. The van der Waals surface area contributed by atoms with Crippen molar-refractivity contribution in [3.05, 3.63) is 80.5 Å². The molecule has 6 heteroatoms. The number of aryl methyl sites for hydroxylation is 1. The Morgan fingerprint density at radius 1 is 1.12 bits per heavy atom. The molecule has 4 nitrogen and oxygen atoms in total. The Bertz CT molecular complexity index is 1130. The highest BCUT2D eigenvalue weighted by molar-refractivity contribution is 7.15. The molecule has 0 aliphatic rings. The number of rotatable bonds is 3. The van der Waals surface area contributed by atoms with E-state index < -0.39 is 0 Å². The molecule has 3 aromatic heterocycles. The van der Waals surface area contributed by atoms with Crippen molar-refractivity contribution in [3.63, 3.8) is 0 Å². The van der Waals surface area contributed by atoms with Crippen molar-refractivity contribution in [1.29, 1.82) is 0 Å². The van der Waals surface area contributed by atoms with E-state index >= 15 is 0 Å². The summed E-state index contributed by atoms with van der Waals surface area (Å²) < 4.78 is 1.44. The van der Waals surface area contributed by atoms with Gasteiger partial charge in [-0.15, -0.1) is 11.3 Å². The maximum Gasteiger partial charge on any atom is 0.267 e. The molecule has 0 fully saturated rings. The van der Waals surface area contributed by atoms with Gasteiger partial charge >= 0.3 is 0 Å². The average Bonchev–Trinajstić information content (AvgIpc) is 3.05. The van der Waals surface area contributed by atoms with Gasteiger partial charge < -0.3 is 0 Å². The number of halogens is 1. The highest BCUT2D eigenvalue weighted by Crippen LogP contribution is 2.27. The molecule has 0 amide bonds. The largest absolute Gasteiger partial charge is 0.268 e. The Morgan fingerprint density at radius 2 is 2.00 bits per heavy atom. The van der Waals surface area contributed by atoms with Crippen molar-refractivity contribution in [1.82, 2.24) is 14.8 Å². The minimum atomic E-state index is -0.166. The van der Waals surface area contributed by atoms with E-state index in [9.17, 15) is 4.79 Å². The van der Waals surface area contributed by atoms with Crippen LogP contribution in [0.15, 0.2) is 59.5 Å². The predicted molar refractivity (Wildman–Crippen MR) is 102 cm³/mol. The van der Waals surface area contributed by atoms with E-state index in [1.165, 1.54) is 9.56 Å². The molecule has 0 aliphatic carbocycles. The maximum absolute atomic E-state index is 12.3. The van der Waals surface area contributed by atoms with Gasteiger partial charge in [0.1, 0.15) is 5.69 Å². The number of pyridine rings is 1. The van der Waals surface area contributed by atoms with Gasteiger partial charge in [-0.1, -0.05) is 23.7 Å². The van der Waals surface area contributed by atoms with Crippen LogP contribution in [0.25, 0.3) is 21.5 Å². The summed E-state index contributed by atoms with van der Waals surface area (Å²) in [6.07, 6.45) is 1.73. The summed E-state index contributed by atoms with van der Waals surface area (Å²) in [7, 11) is 0. The van der Waals surface area contributed by atoms with Crippen molar-refractivity contribution in [3.8, 4) is 10.6 Å². The standard InChI is InChI=1S/C19H14ClN3OS/c1-12-4-8-17(25-12)16-7-9-18(24)23(22-16)11-14-15(20)6-5-13-3-2-10-21-19(13)14/h2-10H,11H2,1H3. The number of hydrogen-bond donors (Lipinski definition) is 0. The molecular weight excluding hydrogens is 354 g/mol. The molecular formula is C19H14ClN3OS. The summed E-state index contributed by atoms with van der Waals surface area (Å²) in [6, 6.07) is 15.0. The molecule has 4 rings (SSSR count). The van der Waals surface area contributed by atoms with Crippen molar-refractivity contribution < 1.29 is 0 Å². The van der Waals surface area contributed by atoms with Crippen molar-refractivity contribution >= 4 is 33.8 Å². The normalized spacial score (nSPS) is 11.1. The molecule has 4 aromatic rings. The van der Waals surface area contributed by atoms with E-state index in [1.807, 2.05) is 43.3 Å². The smallest absolute Gasteiger partial charge is 0.267 e. The number of thiophene rings is 1. The SMILES string of the molecule is Cc1ccc(-c2ccc(=O)n(Cc3c(Cl)ccc4cccnc34)n2)s1. The van der Waals surface area contributed by atoms with Gasteiger partial charge in [-0.2, -0.15) is 5.10 Å². The second kappa shape index (κ2) is 6.43. The van der Waals surface area contributed by atoms with E-state index in [-0.39, 0.29) is 12.1 Å². The molecule has 0 atom stereocenters. The van der Waals surface area contributed by atoms with E-state index in [1.54, 1.807) is 29.7 Å². The monoisotopic (exact) mass is 367 g/mol. The van der Waals surface area contributed by atoms with Crippen LogP contribution in [0.5, 0.6) is 0 Å². The van der Waals surface area contributed by atoms with Crippen LogP contribution in [-0.4, -0.2) is 14.8 Å². The lowest BCUT2D eigenvalue weighted by Crippen LogP contribution is -2.23. The molecule has 0 spiro atoms. The summed E-state index contributed by atoms with van der Waals surface area (Å²) >= 11 is 8.04. The number of fused-ring (bicyclic) bond motifs is 1. The first-order valence-corrected chi connectivity index (χ1v) is 8.98. The quantitative estimate of drug-likeness (QED) is 0.534. The van der Waals surface area contributed by atoms with Crippen molar-refractivity contribution in [2.24, 2.45) is 0 Å². The molecule has 0 saturated carbocycles. The third-order valence-corrected chi connectivity index (χ3v) is 5.37. The second-order valence-corrected chi connectivity index (χ2v) is 7.42. The average molecular weight is 368 g/mol. The van der Waals surface area contributed by atoms with Crippen LogP contribution in [0.4, 0.5) is 0 Å². The van der Waals surface area contributed by atoms with E-state index in [4.69, 9.17) is 11.6 Å². The first-order valence-electron chi connectivity index (χ1n) is 7.79. The van der Waals surface area contributed by atoms with Crippen LogP contribution in [0.2, 0.25) is 5.02 Å². The third-order valence-electron chi connectivity index (χ3n) is 3.99. The van der Waals surface area contributed by atoms with Gasteiger partial charge in [0.15, 0.2) is 0 Å². The topological polar surface area (TPSA) is 47.8 Å². The van der Waals surface area contributed by atoms with Gasteiger partial charge in [-0.25, -0.2) is 4.68 Å². The summed E-state index contributed by atoms with van der Waals surface area (Å²) in [6.45, 7) is 2.33. The zero-order valence-electron chi connectivity index (χ0n) is 13.4. The van der Waals surface area contributed by atoms with Gasteiger partial charge in [-0.3, -0.25) is 9.78 Å². The van der Waals surface area contributed by atoms with E-state index in [2.05, 4.69) is 10.1 Å². The predicted octanol–water partition coefficient (Wildman–Crippen LogP) is 4.53. The Balaban J connectivity index is 1.81. The van der Waals surface area contributed by atoms with Gasteiger partial charge in [0.05, 0.1) is 16.9 Å². The Hall–Kier alpha value is -2.50. The van der Waals surface area contributed by atoms with Crippen LogP contribution >= 0.6 is 22.9 Å². The minimum absolute atomic E-state index is 0.166. The Kier molecular flexibility index (Phi) is 4.11. The minimum Gasteiger partial charge on any atom is -0.268 e. The highest BCUT2D eigenvalue weighted by Gasteiger charge is 2.11. The van der Waals surface area contributed by atoms with Crippen molar-refractivity contribution in [2.75, 3.05) is 0 Å². The van der Waals surface area contributed by atoms with Crippen molar-refractivity contribution in [2.45, 2.75) is 13.5 Å². The molecule has 0 unspecified atom stereocenters. The fraction of sp³-hybridized carbons (Fsp3) is 0.105. The summed E-state index contributed by atoms with van der Waals surface area (Å²) in [4.78, 5) is 19.0. The van der Waals surface area contributed by atoms with E-state index in [0.29, 0.717) is 5.02 Å². The Labute approximate surface area is 153 Å². The van der Waals surface area contributed by atoms with E-state index in [0.717, 1.165) is 27.0 Å². The lowest BCUT2D eigenvalue weighted by Gasteiger charge is -2.10. The molecule has 1 aromatic carbocycles. The molecule has 0 aliphatic heterocycles. The second-order valence-electron chi connectivity index (χ2n) is 5.73. The fourth-order valence-electron chi connectivity index (χ4n) is 2.75. The van der Waals surface area contributed by atoms with Gasteiger partial charge in [0.2, 0.25) is 0 Å². The molecule has 0 N–H and O–H groups in total. The zero-order valence-corrected chi connectivity index (χ0v) is 15.0. The molecule has 3 heterocycles. The Morgan fingerprint density at radius 3 is 2.80 bits per heavy atom. The van der Waals surface area contributed by atoms with Gasteiger partial charge in [-0.05, 0) is 37.3 Å². The molecule has 0 saturated heterocycles. The maximum atomic E-state index is 12.3. The third kappa shape index (κ3) is 3.08. The van der Waals surface area contributed by atoms with Gasteiger partial charge in [0.25, 0.3) is 5.56 Å². The van der Waals surface area contributed by atoms with Crippen LogP contribution in [-0.2, 0) is 6.54 Å². The number of benzene rings is 1.